The Labute approximate surface area is 151 Å². The standard InChI is InChI=1S/C21H31NO3/c1-15-12-18(13-16(2)25-15)21(23)22-19-10-6-7-11-20(19)24-14-17-8-4-3-5-9-17/h3-5,8-9,15-16,18-20H,6-7,10-14H2,1-2H3,(H,22,23). The molecule has 1 saturated carbocycles. The fraction of sp³-hybridized carbons (Fsp3) is 0.667. The van der Waals surface area contributed by atoms with Crippen LogP contribution in [0.4, 0.5) is 0 Å². The summed E-state index contributed by atoms with van der Waals surface area (Å²) in [7, 11) is 0. The van der Waals surface area contributed by atoms with Gasteiger partial charge in [0.25, 0.3) is 0 Å². The normalized spacial score (nSPS) is 33.0. The molecule has 0 aromatic heterocycles. The molecule has 1 aliphatic carbocycles. The number of benzene rings is 1. The van der Waals surface area contributed by atoms with Crippen molar-refractivity contribution in [2.45, 2.75) is 83.3 Å². The van der Waals surface area contributed by atoms with E-state index in [-0.39, 0.29) is 36.2 Å². The summed E-state index contributed by atoms with van der Waals surface area (Å²) >= 11 is 0. The van der Waals surface area contributed by atoms with E-state index in [0.29, 0.717) is 6.61 Å². The summed E-state index contributed by atoms with van der Waals surface area (Å²) in [5.74, 6) is 0.248. The molecular weight excluding hydrogens is 314 g/mol. The molecule has 4 heteroatoms. The minimum atomic E-state index is 0.0652. The van der Waals surface area contributed by atoms with Gasteiger partial charge in [0, 0.05) is 5.92 Å². The van der Waals surface area contributed by atoms with Crippen LogP contribution >= 0.6 is 0 Å². The van der Waals surface area contributed by atoms with Gasteiger partial charge < -0.3 is 14.8 Å². The molecule has 4 unspecified atom stereocenters. The maximum atomic E-state index is 12.8. The maximum Gasteiger partial charge on any atom is 0.223 e. The third-order valence-electron chi connectivity index (χ3n) is 5.41. The van der Waals surface area contributed by atoms with Crippen LogP contribution in [0, 0.1) is 5.92 Å². The second-order valence-electron chi connectivity index (χ2n) is 7.66. The van der Waals surface area contributed by atoms with E-state index in [1.54, 1.807) is 0 Å². The quantitative estimate of drug-likeness (QED) is 0.882. The Morgan fingerprint density at radius 1 is 1.12 bits per heavy atom. The average Bonchev–Trinajstić information content (AvgIpc) is 2.61. The van der Waals surface area contributed by atoms with Crippen LogP contribution in [-0.4, -0.2) is 30.3 Å². The van der Waals surface area contributed by atoms with Crippen molar-refractivity contribution in [3.63, 3.8) is 0 Å². The lowest BCUT2D eigenvalue weighted by atomic mass is 9.89. The van der Waals surface area contributed by atoms with E-state index >= 15 is 0 Å². The van der Waals surface area contributed by atoms with Crippen LogP contribution in [0.25, 0.3) is 0 Å². The number of carbonyl (C=O) groups excluding carboxylic acids is 1. The van der Waals surface area contributed by atoms with Crippen molar-refractivity contribution in [2.24, 2.45) is 5.92 Å². The lowest BCUT2D eigenvalue weighted by Gasteiger charge is -2.35. The number of amides is 1. The summed E-state index contributed by atoms with van der Waals surface area (Å²) in [5, 5.41) is 3.30. The predicted octanol–water partition coefficient (Wildman–Crippen LogP) is 3.83. The van der Waals surface area contributed by atoms with Crippen molar-refractivity contribution in [2.75, 3.05) is 0 Å². The van der Waals surface area contributed by atoms with Gasteiger partial charge in [-0.3, -0.25) is 4.79 Å². The zero-order valence-corrected chi connectivity index (χ0v) is 15.4. The van der Waals surface area contributed by atoms with Crippen LogP contribution in [0.15, 0.2) is 30.3 Å². The fourth-order valence-electron chi connectivity index (χ4n) is 4.16. The van der Waals surface area contributed by atoms with Crippen molar-refractivity contribution in [3.05, 3.63) is 35.9 Å². The zero-order valence-electron chi connectivity index (χ0n) is 15.4. The van der Waals surface area contributed by atoms with E-state index in [9.17, 15) is 4.79 Å². The van der Waals surface area contributed by atoms with Gasteiger partial charge in [-0.05, 0) is 45.1 Å². The SMILES string of the molecule is CC1CC(C(=O)NC2CCCCC2OCc2ccccc2)CC(C)O1. The molecule has 1 amide bonds. The van der Waals surface area contributed by atoms with E-state index in [4.69, 9.17) is 9.47 Å². The summed E-state index contributed by atoms with van der Waals surface area (Å²) in [4.78, 5) is 12.8. The summed E-state index contributed by atoms with van der Waals surface area (Å²) in [6.45, 7) is 4.73. The highest BCUT2D eigenvalue weighted by Crippen LogP contribution is 2.27. The Morgan fingerprint density at radius 2 is 1.80 bits per heavy atom. The number of ether oxygens (including phenoxy) is 2. The van der Waals surface area contributed by atoms with E-state index in [1.807, 2.05) is 18.2 Å². The average molecular weight is 345 g/mol. The van der Waals surface area contributed by atoms with Gasteiger partial charge in [-0.1, -0.05) is 43.2 Å². The van der Waals surface area contributed by atoms with Gasteiger partial charge in [0.15, 0.2) is 0 Å². The third-order valence-corrected chi connectivity index (χ3v) is 5.41. The van der Waals surface area contributed by atoms with Crippen molar-refractivity contribution in [1.82, 2.24) is 5.32 Å². The van der Waals surface area contributed by atoms with Crippen LogP contribution in [0.5, 0.6) is 0 Å². The summed E-state index contributed by atoms with van der Waals surface area (Å²) in [6, 6.07) is 10.4. The van der Waals surface area contributed by atoms with Crippen LogP contribution in [-0.2, 0) is 20.9 Å². The Morgan fingerprint density at radius 3 is 2.52 bits per heavy atom. The molecular formula is C21H31NO3. The molecule has 1 aliphatic heterocycles. The highest BCUT2D eigenvalue weighted by molar-refractivity contribution is 5.79. The summed E-state index contributed by atoms with van der Waals surface area (Å²) in [6.07, 6.45) is 6.46. The van der Waals surface area contributed by atoms with E-state index < -0.39 is 0 Å². The maximum absolute atomic E-state index is 12.8. The first-order valence-corrected chi connectivity index (χ1v) is 9.73. The molecule has 0 spiro atoms. The fourth-order valence-corrected chi connectivity index (χ4v) is 4.16. The molecule has 4 atom stereocenters. The number of rotatable bonds is 5. The first kappa shape index (κ1) is 18.4. The van der Waals surface area contributed by atoms with Gasteiger partial charge in [-0.2, -0.15) is 0 Å². The molecule has 1 aromatic rings. The molecule has 1 aromatic carbocycles. The van der Waals surface area contributed by atoms with Gasteiger partial charge in [0.2, 0.25) is 5.91 Å². The Hall–Kier alpha value is -1.39. The number of hydrogen-bond acceptors (Lipinski definition) is 3. The van der Waals surface area contributed by atoms with Crippen molar-refractivity contribution in [3.8, 4) is 0 Å². The minimum Gasteiger partial charge on any atom is -0.376 e. The zero-order chi connectivity index (χ0) is 17.6. The molecule has 4 nitrogen and oxygen atoms in total. The van der Waals surface area contributed by atoms with Gasteiger partial charge in [0.05, 0.1) is 31.0 Å². The van der Waals surface area contributed by atoms with Crippen molar-refractivity contribution >= 4 is 5.91 Å². The molecule has 0 radical (unpaired) electrons. The minimum absolute atomic E-state index is 0.0652. The van der Waals surface area contributed by atoms with Crippen molar-refractivity contribution in [1.29, 1.82) is 0 Å². The largest absolute Gasteiger partial charge is 0.376 e. The topological polar surface area (TPSA) is 47.6 Å². The molecule has 2 aliphatic rings. The van der Waals surface area contributed by atoms with Gasteiger partial charge in [-0.15, -0.1) is 0 Å². The predicted molar refractivity (Wildman–Crippen MR) is 98.2 cm³/mol. The highest BCUT2D eigenvalue weighted by atomic mass is 16.5. The van der Waals surface area contributed by atoms with Crippen LogP contribution < -0.4 is 5.32 Å². The number of carbonyl (C=O) groups is 1. The molecule has 1 N–H and O–H groups in total. The van der Waals surface area contributed by atoms with Crippen LogP contribution in [0.1, 0.15) is 57.9 Å². The first-order valence-electron chi connectivity index (χ1n) is 9.73. The summed E-state index contributed by atoms with van der Waals surface area (Å²) in [5.41, 5.74) is 1.19. The molecule has 2 fully saturated rings. The lowest BCUT2D eigenvalue weighted by Crippen LogP contribution is -2.49. The smallest absolute Gasteiger partial charge is 0.223 e. The van der Waals surface area contributed by atoms with E-state index in [1.165, 1.54) is 12.0 Å². The molecule has 3 rings (SSSR count). The van der Waals surface area contributed by atoms with E-state index in [0.717, 1.165) is 32.1 Å². The monoisotopic (exact) mass is 345 g/mol. The van der Waals surface area contributed by atoms with E-state index in [2.05, 4.69) is 31.3 Å². The Balaban J connectivity index is 1.54. The highest BCUT2D eigenvalue weighted by Gasteiger charge is 2.33. The molecule has 1 heterocycles. The first-order chi connectivity index (χ1) is 12.1. The molecule has 1 saturated heterocycles. The van der Waals surface area contributed by atoms with Gasteiger partial charge in [-0.25, -0.2) is 0 Å². The van der Waals surface area contributed by atoms with Crippen LogP contribution in [0.3, 0.4) is 0 Å². The van der Waals surface area contributed by atoms with Gasteiger partial charge in [0.1, 0.15) is 0 Å². The number of hydrogen-bond donors (Lipinski definition) is 1. The summed E-state index contributed by atoms with van der Waals surface area (Å²) < 4.78 is 11.9. The Bertz CT molecular complexity index is 537. The Kier molecular flexibility index (Phi) is 6.49. The molecule has 25 heavy (non-hydrogen) atoms. The number of nitrogens with one attached hydrogen (secondary N) is 1. The third kappa shape index (κ3) is 5.29. The second kappa shape index (κ2) is 8.81. The molecule has 138 valence electrons. The van der Waals surface area contributed by atoms with Gasteiger partial charge >= 0.3 is 0 Å². The lowest BCUT2D eigenvalue weighted by molar-refractivity contribution is -0.135. The van der Waals surface area contributed by atoms with Crippen LogP contribution in [0.2, 0.25) is 0 Å². The molecule has 0 bridgehead atoms. The van der Waals surface area contributed by atoms with Crippen molar-refractivity contribution < 1.29 is 14.3 Å². The second-order valence-corrected chi connectivity index (χ2v) is 7.66.